The maximum absolute atomic E-state index is 12.7. The molecule has 0 bridgehead atoms. The summed E-state index contributed by atoms with van der Waals surface area (Å²) < 4.78 is 35.9. The number of hydrogen-bond donors (Lipinski definition) is 2. The van der Waals surface area contributed by atoms with Gasteiger partial charge in [0.05, 0.1) is 17.6 Å². The Morgan fingerprint density at radius 1 is 1.17 bits per heavy atom. The van der Waals surface area contributed by atoms with Crippen LogP contribution in [0.1, 0.15) is 17.3 Å². The van der Waals surface area contributed by atoms with E-state index in [2.05, 4.69) is 4.72 Å². The Balaban J connectivity index is 1.79. The van der Waals surface area contributed by atoms with Crippen LogP contribution in [0.15, 0.2) is 52.4 Å². The van der Waals surface area contributed by atoms with E-state index < -0.39 is 15.9 Å². The lowest BCUT2D eigenvalue weighted by Crippen LogP contribution is -2.31. The van der Waals surface area contributed by atoms with Crippen molar-refractivity contribution in [2.75, 3.05) is 13.7 Å². The summed E-state index contributed by atoms with van der Waals surface area (Å²) >= 11 is 0. The Bertz CT molecular complexity index is 1230. The highest BCUT2D eigenvalue weighted by Crippen LogP contribution is 2.22. The predicted octanol–water partition coefficient (Wildman–Crippen LogP) is 0.909. The lowest BCUT2D eigenvalue weighted by Gasteiger charge is -2.11. The Kier molecular flexibility index (Phi) is 5.76. The number of amides is 1. The number of sulfonamides is 1. The summed E-state index contributed by atoms with van der Waals surface area (Å²) in [6, 6.07) is 7.54. The van der Waals surface area contributed by atoms with Gasteiger partial charge in [0.1, 0.15) is 11.3 Å². The van der Waals surface area contributed by atoms with Crippen molar-refractivity contribution in [2.24, 2.45) is 5.73 Å². The molecule has 154 valence electrons. The molecule has 0 aliphatic heterocycles. The number of hydrogen-bond acceptors (Lipinski definition) is 5. The van der Waals surface area contributed by atoms with Crippen molar-refractivity contribution in [3.63, 3.8) is 0 Å². The zero-order chi connectivity index (χ0) is 21.2. The van der Waals surface area contributed by atoms with Crippen LogP contribution in [-0.2, 0) is 23.1 Å². The smallest absolute Gasteiger partial charge is 0.275 e. The number of primary amides is 1. The van der Waals surface area contributed by atoms with Gasteiger partial charge in [-0.25, -0.2) is 13.1 Å². The number of aromatic nitrogens is 2. The van der Waals surface area contributed by atoms with E-state index in [0.717, 1.165) is 11.5 Å². The molecule has 9 nitrogen and oxygen atoms in total. The lowest BCUT2D eigenvalue weighted by molar-refractivity contribution is 0.0997. The second-order valence-corrected chi connectivity index (χ2v) is 8.11. The van der Waals surface area contributed by atoms with Crippen LogP contribution < -0.4 is 20.8 Å². The van der Waals surface area contributed by atoms with E-state index >= 15 is 0 Å². The number of fused-ring (bicyclic) bond motifs is 1. The fraction of sp³-hybridized carbons (Fsp3) is 0.263. The molecular formula is C19H22N4O5S. The van der Waals surface area contributed by atoms with Gasteiger partial charge in [-0.3, -0.25) is 9.59 Å². The maximum atomic E-state index is 12.7. The number of carbonyl (C=O) groups excluding carboxylic acids is 1. The molecule has 0 spiro atoms. The van der Waals surface area contributed by atoms with Gasteiger partial charge in [0, 0.05) is 37.4 Å². The molecule has 1 aromatic carbocycles. The zero-order valence-corrected chi connectivity index (χ0v) is 16.9. The summed E-state index contributed by atoms with van der Waals surface area (Å²) in [4.78, 5) is 24.1. The molecule has 3 rings (SSSR count). The number of aryl methyl sites for hydroxylation is 1. The van der Waals surface area contributed by atoms with Crippen molar-refractivity contribution in [1.82, 2.24) is 13.9 Å². The predicted molar refractivity (Wildman–Crippen MR) is 109 cm³/mol. The monoisotopic (exact) mass is 418 g/mol. The van der Waals surface area contributed by atoms with Crippen molar-refractivity contribution in [3.05, 3.63) is 58.6 Å². The summed E-state index contributed by atoms with van der Waals surface area (Å²) in [6.07, 6.45) is 3.48. The van der Waals surface area contributed by atoms with Crippen molar-refractivity contribution in [2.45, 2.75) is 24.9 Å². The first-order valence-electron chi connectivity index (χ1n) is 8.94. The number of nitrogens with zero attached hydrogens (tertiary/aromatic N) is 2. The number of benzene rings is 1. The quantitative estimate of drug-likeness (QED) is 0.562. The molecule has 10 heteroatoms. The highest BCUT2D eigenvalue weighted by atomic mass is 32.2. The summed E-state index contributed by atoms with van der Waals surface area (Å²) in [5.74, 6) is -0.604. The number of rotatable bonds is 8. The zero-order valence-electron chi connectivity index (χ0n) is 16.1. The van der Waals surface area contributed by atoms with E-state index in [1.54, 1.807) is 6.20 Å². The second kappa shape index (κ2) is 8.10. The van der Waals surface area contributed by atoms with Gasteiger partial charge >= 0.3 is 0 Å². The number of pyridine rings is 1. The van der Waals surface area contributed by atoms with Gasteiger partial charge < -0.3 is 19.6 Å². The first-order valence-corrected chi connectivity index (χ1v) is 10.4. The molecule has 1 amide bonds. The third-order valence-corrected chi connectivity index (χ3v) is 6.08. The first-order chi connectivity index (χ1) is 13.8. The molecule has 3 N–H and O–H groups in total. The van der Waals surface area contributed by atoms with Crippen LogP contribution in [0.25, 0.3) is 10.9 Å². The molecule has 2 heterocycles. The Labute approximate surface area is 167 Å². The van der Waals surface area contributed by atoms with E-state index in [1.165, 1.54) is 23.8 Å². The SMILES string of the molecule is CCn1ccc2ccn(CCNS(=O)(=O)c3ccc(OC)c(C(N)=O)c3)c(=O)c21. The van der Waals surface area contributed by atoms with E-state index in [9.17, 15) is 18.0 Å². The highest BCUT2D eigenvalue weighted by Gasteiger charge is 2.18. The van der Waals surface area contributed by atoms with Gasteiger partial charge in [-0.15, -0.1) is 0 Å². The van der Waals surface area contributed by atoms with E-state index in [0.29, 0.717) is 12.1 Å². The van der Waals surface area contributed by atoms with Crippen molar-refractivity contribution in [1.29, 1.82) is 0 Å². The highest BCUT2D eigenvalue weighted by molar-refractivity contribution is 7.89. The van der Waals surface area contributed by atoms with E-state index in [-0.39, 0.29) is 34.9 Å². The summed E-state index contributed by atoms with van der Waals surface area (Å²) in [5, 5.41) is 0.839. The molecule has 0 unspecified atom stereocenters. The van der Waals surface area contributed by atoms with Gasteiger partial charge in [-0.2, -0.15) is 0 Å². The Hall–Kier alpha value is -3.11. The number of ether oxygens (including phenoxy) is 1. The van der Waals surface area contributed by atoms with Crippen molar-refractivity contribution >= 4 is 26.8 Å². The van der Waals surface area contributed by atoms with Gasteiger partial charge in [-0.05, 0) is 37.3 Å². The fourth-order valence-corrected chi connectivity index (χ4v) is 4.16. The van der Waals surface area contributed by atoms with Crippen molar-refractivity contribution in [3.8, 4) is 5.75 Å². The fourth-order valence-electron chi connectivity index (χ4n) is 3.11. The maximum Gasteiger partial charge on any atom is 0.275 e. The molecule has 0 aliphatic rings. The third-order valence-electron chi connectivity index (χ3n) is 4.62. The minimum Gasteiger partial charge on any atom is -0.496 e. The van der Waals surface area contributed by atoms with Gasteiger partial charge in [-0.1, -0.05) is 0 Å². The lowest BCUT2D eigenvalue weighted by atomic mass is 10.2. The minimum atomic E-state index is -3.90. The molecule has 0 aliphatic carbocycles. The average molecular weight is 418 g/mol. The topological polar surface area (TPSA) is 125 Å². The number of nitrogens with two attached hydrogens (primary N) is 1. The Morgan fingerprint density at radius 2 is 1.86 bits per heavy atom. The molecule has 29 heavy (non-hydrogen) atoms. The van der Waals surface area contributed by atoms with Crippen LogP contribution in [-0.4, -0.2) is 37.1 Å². The molecule has 0 radical (unpaired) electrons. The van der Waals surface area contributed by atoms with Crippen LogP contribution in [0.2, 0.25) is 0 Å². The average Bonchev–Trinajstić information content (AvgIpc) is 3.13. The summed E-state index contributed by atoms with van der Waals surface area (Å²) in [6.45, 7) is 2.76. The van der Waals surface area contributed by atoms with E-state index in [1.807, 2.05) is 29.8 Å². The van der Waals surface area contributed by atoms with Gasteiger partial charge in [0.25, 0.3) is 11.5 Å². The number of nitrogens with one attached hydrogen (secondary N) is 1. The normalized spacial score (nSPS) is 11.7. The van der Waals surface area contributed by atoms with Crippen LogP contribution >= 0.6 is 0 Å². The molecule has 0 saturated carbocycles. The summed E-state index contributed by atoms with van der Waals surface area (Å²) in [7, 11) is -2.54. The third kappa shape index (κ3) is 4.03. The number of carbonyl (C=O) groups is 1. The van der Waals surface area contributed by atoms with Crippen LogP contribution in [0.3, 0.4) is 0 Å². The first kappa shape index (κ1) is 20.6. The molecule has 3 aromatic rings. The van der Waals surface area contributed by atoms with Crippen LogP contribution in [0.5, 0.6) is 5.75 Å². The van der Waals surface area contributed by atoms with Crippen LogP contribution in [0.4, 0.5) is 0 Å². The molecule has 0 fully saturated rings. The largest absolute Gasteiger partial charge is 0.496 e. The molecular weight excluding hydrogens is 396 g/mol. The second-order valence-electron chi connectivity index (χ2n) is 6.34. The molecule has 2 aromatic heterocycles. The molecule has 0 saturated heterocycles. The Morgan fingerprint density at radius 3 is 2.48 bits per heavy atom. The van der Waals surface area contributed by atoms with Crippen molar-refractivity contribution < 1.29 is 17.9 Å². The van der Waals surface area contributed by atoms with E-state index in [4.69, 9.17) is 10.5 Å². The minimum absolute atomic E-state index is 0.00147. The van der Waals surface area contributed by atoms with Crippen LogP contribution in [0, 0.1) is 0 Å². The standard InChI is InChI=1S/C19H22N4O5S/c1-3-22-9-6-13-7-10-23(19(25)17(13)22)11-8-21-29(26,27)14-4-5-16(28-2)15(12-14)18(20)24/h4-7,9-10,12,21H,3,8,11H2,1-2H3,(H2,20,24). The summed E-state index contributed by atoms with van der Waals surface area (Å²) in [5.41, 5.74) is 5.65. The van der Waals surface area contributed by atoms with Gasteiger partial charge in [0.15, 0.2) is 0 Å². The van der Waals surface area contributed by atoms with Gasteiger partial charge in [0.2, 0.25) is 10.0 Å². The number of methoxy groups -OCH3 is 1. The molecule has 0 atom stereocenters.